The van der Waals surface area contributed by atoms with Crippen molar-refractivity contribution in [3.8, 4) is 0 Å². The minimum Gasteiger partial charge on any atom is -0.509 e. The van der Waals surface area contributed by atoms with Crippen molar-refractivity contribution in [2.24, 2.45) is 11.8 Å². The Morgan fingerprint density at radius 2 is 1.78 bits per heavy atom. The first kappa shape index (κ1) is 24.4. The molecule has 0 radical (unpaired) electrons. The number of ether oxygens (including phenoxy) is 2. The van der Waals surface area contributed by atoms with Crippen molar-refractivity contribution in [1.82, 2.24) is 0 Å². The molecule has 0 aromatic rings. The van der Waals surface area contributed by atoms with E-state index in [2.05, 4.69) is 26.3 Å². The average Bonchev–Trinajstić information content (AvgIpc) is 3.19. The monoisotopic (exact) mass is 380 g/mol. The maximum Gasteiger partial charge on any atom is 0.330 e. The first-order valence-corrected chi connectivity index (χ1v) is 8.92. The van der Waals surface area contributed by atoms with Crippen molar-refractivity contribution >= 4 is 5.97 Å². The number of aliphatic hydroxyl groups excluding tert-OH is 2. The lowest BCUT2D eigenvalue weighted by atomic mass is 10.0. The second kappa shape index (κ2) is 12.7. The van der Waals surface area contributed by atoms with Crippen molar-refractivity contribution < 1.29 is 29.6 Å². The van der Waals surface area contributed by atoms with E-state index in [1.807, 2.05) is 6.92 Å². The van der Waals surface area contributed by atoms with Gasteiger partial charge in [-0.25, -0.2) is 4.79 Å². The van der Waals surface area contributed by atoms with E-state index in [1.165, 1.54) is 19.4 Å². The van der Waals surface area contributed by atoms with Crippen molar-refractivity contribution in [3.63, 3.8) is 0 Å². The van der Waals surface area contributed by atoms with Gasteiger partial charge in [-0.15, -0.1) is 0 Å². The van der Waals surface area contributed by atoms with E-state index < -0.39 is 5.97 Å². The fraction of sp³-hybridized carbons (Fsp3) is 0.476. The van der Waals surface area contributed by atoms with Crippen LogP contribution in [-0.4, -0.2) is 27.4 Å². The predicted molar refractivity (Wildman–Crippen MR) is 106 cm³/mol. The van der Waals surface area contributed by atoms with Gasteiger partial charge in [-0.2, -0.15) is 0 Å². The Balaban J connectivity index is 0.000000395. The second-order valence-corrected chi connectivity index (χ2v) is 6.40. The summed E-state index contributed by atoms with van der Waals surface area (Å²) < 4.78 is 10.1. The number of carbonyl (C=O) groups is 1. The summed E-state index contributed by atoms with van der Waals surface area (Å²) >= 11 is 0. The third kappa shape index (κ3) is 8.53. The highest BCUT2D eigenvalue weighted by atomic mass is 16.5. The second-order valence-electron chi connectivity index (χ2n) is 6.40. The summed E-state index contributed by atoms with van der Waals surface area (Å²) in [7, 11) is 0. The lowest BCUT2D eigenvalue weighted by Gasteiger charge is -2.13. The summed E-state index contributed by atoms with van der Waals surface area (Å²) in [5.41, 5.74) is 0.176. The molecule has 2 aliphatic carbocycles. The number of carboxylic acids is 1. The molecule has 0 aromatic heterocycles. The van der Waals surface area contributed by atoms with Gasteiger partial charge in [0.25, 0.3) is 0 Å². The van der Waals surface area contributed by atoms with Crippen LogP contribution in [0.4, 0.5) is 0 Å². The molecule has 3 N–H and O–H groups in total. The van der Waals surface area contributed by atoms with Gasteiger partial charge in [0, 0.05) is 17.4 Å². The van der Waals surface area contributed by atoms with Crippen LogP contribution in [0.3, 0.4) is 0 Å². The molecule has 27 heavy (non-hydrogen) atoms. The highest BCUT2D eigenvalue weighted by Gasteiger charge is 2.40. The normalized spacial score (nSPS) is 20.2. The largest absolute Gasteiger partial charge is 0.509 e. The Bertz CT molecular complexity index is 563. The van der Waals surface area contributed by atoms with Crippen LogP contribution in [0.1, 0.15) is 46.0 Å². The number of fused-ring (bicyclic) bond motifs is 2. The van der Waals surface area contributed by atoms with Crippen molar-refractivity contribution in [2.45, 2.75) is 52.1 Å². The lowest BCUT2D eigenvalue weighted by molar-refractivity contribution is -0.132. The molecule has 152 valence electrons. The minimum atomic E-state index is -0.935. The van der Waals surface area contributed by atoms with E-state index in [1.54, 1.807) is 0 Å². The molecular formula is C21H32O6. The van der Waals surface area contributed by atoms with Crippen LogP contribution in [0, 0.1) is 11.8 Å². The number of aliphatic carboxylic acids is 1. The van der Waals surface area contributed by atoms with E-state index in [4.69, 9.17) is 19.7 Å². The van der Waals surface area contributed by atoms with Crippen molar-refractivity contribution in [2.75, 3.05) is 0 Å². The van der Waals surface area contributed by atoms with Crippen LogP contribution >= 0.6 is 0 Å². The number of rotatable bonds is 8. The van der Waals surface area contributed by atoms with E-state index >= 15 is 0 Å². The number of hydrogen-bond donors (Lipinski definition) is 3. The molecule has 2 rings (SSSR count). The SMILES string of the molecule is C=C(C)C(=O)O.C=COC(CCC)C(=C)O.C=COC1=C(O)C2CCC1C2. The summed E-state index contributed by atoms with van der Waals surface area (Å²) in [6, 6.07) is 0. The zero-order valence-electron chi connectivity index (χ0n) is 16.3. The van der Waals surface area contributed by atoms with Crippen LogP contribution in [-0.2, 0) is 14.3 Å². The molecule has 2 bridgehead atoms. The first-order chi connectivity index (χ1) is 12.7. The Morgan fingerprint density at radius 1 is 1.22 bits per heavy atom. The molecule has 3 unspecified atom stereocenters. The molecule has 1 fully saturated rings. The van der Waals surface area contributed by atoms with E-state index in [9.17, 15) is 9.90 Å². The molecular weight excluding hydrogens is 348 g/mol. The smallest absolute Gasteiger partial charge is 0.330 e. The Labute approximate surface area is 161 Å². The molecule has 0 aromatic carbocycles. The predicted octanol–water partition coefficient (Wildman–Crippen LogP) is 5.38. The summed E-state index contributed by atoms with van der Waals surface area (Å²) in [4.78, 5) is 9.60. The van der Waals surface area contributed by atoms with Gasteiger partial charge in [0.05, 0.1) is 12.5 Å². The van der Waals surface area contributed by atoms with Crippen molar-refractivity contribution in [3.05, 3.63) is 61.7 Å². The summed E-state index contributed by atoms with van der Waals surface area (Å²) in [6.07, 6.45) is 7.54. The topological polar surface area (TPSA) is 96.2 Å². The Morgan fingerprint density at radius 3 is 2.11 bits per heavy atom. The highest BCUT2D eigenvalue weighted by molar-refractivity contribution is 5.84. The number of aliphatic hydroxyl groups is 2. The summed E-state index contributed by atoms with van der Waals surface area (Å²) in [5.74, 6) is 1.24. The highest BCUT2D eigenvalue weighted by Crippen LogP contribution is 2.47. The maximum atomic E-state index is 9.60. The third-order valence-corrected chi connectivity index (χ3v) is 4.20. The van der Waals surface area contributed by atoms with Gasteiger partial charge in [0.1, 0.15) is 17.3 Å². The Kier molecular flexibility index (Phi) is 11.4. The van der Waals surface area contributed by atoms with Gasteiger partial charge < -0.3 is 24.8 Å². The molecule has 0 spiro atoms. The summed E-state index contributed by atoms with van der Waals surface area (Å²) in [6.45, 7) is 16.9. The van der Waals surface area contributed by atoms with Crippen LogP contribution in [0.15, 0.2) is 61.7 Å². The quantitative estimate of drug-likeness (QED) is 0.386. The molecule has 0 aliphatic heterocycles. The van der Waals surface area contributed by atoms with Gasteiger partial charge in [-0.3, -0.25) is 0 Å². The van der Waals surface area contributed by atoms with Gasteiger partial charge >= 0.3 is 5.97 Å². The molecule has 6 nitrogen and oxygen atoms in total. The minimum absolute atomic E-state index is 0.0711. The molecule has 3 atom stereocenters. The zero-order chi connectivity index (χ0) is 21.0. The fourth-order valence-electron chi connectivity index (χ4n) is 2.82. The van der Waals surface area contributed by atoms with Crippen LogP contribution in [0.5, 0.6) is 0 Å². The fourth-order valence-corrected chi connectivity index (χ4v) is 2.82. The lowest BCUT2D eigenvalue weighted by Crippen LogP contribution is -2.11. The molecule has 6 heteroatoms. The van der Waals surface area contributed by atoms with Crippen LogP contribution in [0.2, 0.25) is 0 Å². The van der Waals surface area contributed by atoms with Gasteiger partial charge in [-0.1, -0.05) is 39.7 Å². The van der Waals surface area contributed by atoms with Crippen LogP contribution < -0.4 is 0 Å². The number of carboxylic acid groups (broad SMARTS) is 1. The van der Waals surface area contributed by atoms with Gasteiger partial charge in [-0.05, 0) is 32.6 Å². The van der Waals surface area contributed by atoms with Crippen LogP contribution in [0.25, 0.3) is 0 Å². The molecule has 1 saturated carbocycles. The van der Waals surface area contributed by atoms with E-state index in [-0.39, 0.29) is 17.4 Å². The summed E-state index contributed by atoms with van der Waals surface area (Å²) in [5, 5.41) is 26.3. The zero-order valence-corrected chi connectivity index (χ0v) is 16.3. The van der Waals surface area contributed by atoms with Gasteiger partial charge in [0.15, 0.2) is 6.10 Å². The standard InChI is InChI=1S/C9H12O2.C8H14O2.C4H6O2/c1-2-11-9-7-4-3-6(5-7)8(9)10;1-4-6-8(7(3)9)10-5-2;1-3(2)4(5)6/h2,6-7,10H,1,3-5H2;5,8-9H,2-4,6H2,1H3;1H2,2H3,(H,5,6). The van der Waals surface area contributed by atoms with E-state index in [0.29, 0.717) is 17.6 Å². The first-order valence-electron chi connectivity index (χ1n) is 8.92. The maximum absolute atomic E-state index is 9.60. The molecule has 0 saturated heterocycles. The van der Waals surface area contributed by atoms with Crippen molar-refractivity contribution in [1.29, 1.82) is 0 Å². The number of hydrogen-bond acceptors (Lipinski definition) is 5. The molecule has 2 aliphatic rings. The average molecular weight is 380 g/mol. The third-order valence-electron chi connectivity index (χ3n) is 4.20. The van der Waals surface area contributed by atoms with E-state index in [0.717, 1.165) is 37.9 Å². The number of allylic oxidation sites excluding steroid dienone is 2. The molecule has 0 heterocycles. The Hall–Kier alpha value is -2.63. The molecule has 0 amide bonds. The van der Waals surface area contributed by atoms with Gasteiger partial charge in [0.2, 0.25) is 0 Å².